The second-order valence-corrected chi connectivity index (χ2v) is 2.42. The molecule has 0 saturated heterocycles. The Balaban J connectivity index is 2.28. The van der Waals surface area contributed by atoms with Gasteiger partial charge in [0.2, 0.25) is 5.89 Å². The van der Waals surface area contributed by atoms with Gasteiger partial charge >= 0.3 is 0 Å². The molecule has 0 unspecified atom stereocenters. The average Bonchev–Trinajstić information content (AvgIpc) is 2.51. The fourth-order valence-electron chi connectivity index (χ4n) is 0.751. The second kappa shape index (κ2) is 4.41. The first-order valence-corrected chi connectivity index (χ1v) is 3.68. The van der Waals surface area contributed by atoms with E-state index >= 15 is 0 Å². The minimum Gasteiger partial charge on any atom is -0.409 e. The molecule has 7 nitrogen and oxygen atoms in total. The molecular formula is C6H11N5O2. The maximum absolute atomic E-state index is 8.21. The summed E-state index contributed by atoms with van der Waals surface area (Å²) in [6.07, 6.45) is 0. The summed E-state index contributed by atoms with van der Waals surface area (Å²) in [5.41, 5.74) is 5.22. The van der Waals surface area contributed by atoms with Gasteiger partial charge in [-0.05, 0) is 0 Å². The number of oxime groups is 1. The van der Waals surface area contributed by atoms with Gasteiger partial charge < -0.3 is 20.8 Å². The zero-order chi connectivity index (χ0) is 9.68. The summed E-state index contributed by atoms with van der Waals surface area (Å²) >= 11 is 0. The molecule has 0 aliphatic rings. The standard InChI is InChI=1S/C6H11N5O2/c1-4-9-6(11-13-4)3-8-2-5(7)10-12/h8,12H,2-3H2,1H3,(H2,7,10). The number of hydrogen-bond acceptors (Lipinski definition) is 6. The molecule has 13 heavy (non-hydrogen) atoms. The maximum atomic E-state index is 8.21. The molecule has 0 aliphatic heterocycles. The van der Waals surface area contributed by atoms with Crippen molar-refractivity contribution < 1.29 is 9.73 Å². The number of nitrogens with zero attached hydrogens (tertiary/aromatic N) is 3. The predicted octanol–water partition coefficient (Wildman–Crippen LogP) is -0.786. The Morgan fingerprint density at radius 2 is 2.54 bits per heavy atom. The first kappa shape index (κ1) is 9.46. The quantitative estimate of drug-likeness (QED) is 0.245. The number of amidine groups is 1. The highest BCUT2D eigenvalue weighted by Gasteiger charge is 2.01. The third-order valence-electron chi connectivity index (χ3n) is 1.29. The van der Waals surface area contributed by atoms with Crippen LogP contribution in [0.3, 0.4) is 0 Å². The molecule has 0 atom stereocenters. The third-order valence-corrected chi connectivity index (χ3v) is 1.29. The number of hydrogen-bond donors (Lipinski definition) is 3. The molecule has 1 heterocycles. The van der Waals surface area contributed by atoms with Gasteiger partial charge in [0.25, 0.3) is 0 Å². The summed E-state index contributed by atoms with van der Waals surface area (Å²) < 4.78 is 4.74. The lowest BCUT2D eigenvalue weighted by Crippen LogP contribution is -2.28. The van der Waals surface area contributed by atoms with Crippen molar-refractivity contribution in [1.82, 2.24) is 15.5 Å². The molecule has 4 N–H and O–H groups in total. The fraction of sp³-hybridized carbons (Fsp3) is 0.500. The van der Waals surface area contributed by atoms with Gasteiger partial charge in [0.05, 0.1) is 13.1 Å². The van der Waals surface area contributed by atoms with Gasteiger partial charge in [-0.1, -0.05) is 10.3 Å². The molecule has 0 fully saturated rings. The van der Waals surface area contributed by atoms with Crippen LogP contribution in [0.1, 0.15) is 11.7 Å². The highest BCUT2D eigenvalue weighted by molar-refractivity contribution is 5.81. The summed E-state index contributed by atoms with van der Waals surface area (Å²) in [5.74, 6) is 1.17. The molecule has 0 radical (unpaired) electrons. The Labute approximate surface area is 74.6 Å². The molecule has 7 heteroatoms. The lowest BCUT2D eigenvalue weighted by Gasteiger charge is -1.97. The van der Waals surface area contributed by atoms with Crippen LogP contribution in [0.15, 0.2) is 9.68 Å². The Morgan fingerprint density at radius 1 is 1.77 bits per heavy atom. The number of nitrogens with one attached hydrogen (secondary N) is 1. The van der Waals surface area contributed by atoms with Crippen LogP contribution in [0.25, 0.3) is 0 Å². The fourth-order valence-corrected chi connectivity index (χ4v) is 0.751. The Kier molecular flexibility index (Phi) is 3.21. The van der Waals surface area contributed by atoms with Crippen LogP contribution in [0.5, 0.6) is 0 Å². The van der Waals surface area contributed by atoms with E-state index in [9.17, 15) is 0 Å². The summed E-state index contributed by atoms with van der Waals surface area (Å²) in [6, 6.07) is 0. The van der Waals surface area contributed by atoms with Crippen molar-refractivity contribution in [3.05, 3.63) is 11.7 Å². The maximum Gasteiger partial charge on any atom is 0.223 e. The van der Waals surface area contributed by atoms with Crippen molar-refractivity contribution in [2.75, 3.05) is 6.54 Å². The van der Waals surface area contributed by atoms with Crippen LogP contribution in [-0.2, 0) is 6.54 Å². The van der Waals surface area contributed by atoms with Gasteiger partial charge in [-0.3, -0.25) is 0 Å². The molecule has 1 rings (SSSR count). The van der Waals surface area contributed by atoms with Crippen molar-refractivity contribution in [3.63, 3.8) is 0 Å². The zero-order valence-corrected chi connectivity index (χ0v) is 7.19. The van der Waals surface area contributed by atoms with Crippen molar-refractivity contribution >= 4 is 5.84 Å². The topological polar surface area (TPSA) is 110 Å². The first-order valence-electron chi connectivity index (χ1n) is 3.68. The predicted molar refractivity (Wildman–Crippen MR) is 44.2 cm³/mol. The SMILES string of the molecule is Cc1nc(CNCC(N)=NO)no1. The van der Waals surface area contributed by atoms with E-state index in [2.05, 4.69) is 20.6 Å². The Bertz CT molecular complexity index is 295. The average molecular weight is 185 g/mol. The summed E-state index contributed by atoms with van der Waals surface area (Å²) in [4.78, 5) is 3.95. The molecule has 1 aromatic heterocycles. The van der Waals surface area contributed by atoms with E-state index in [1.807, 2.05) is 0 Å². The van der Waals surface area contributed by atoms with Gasteiger partial charge in [-0.2, -0.15) is 4.98 Å². The van der Waals surface area contributed by atoms with Gasteiger partial charge in [0.1, 0.15) is 0 Å². The van der Waals surface area contributed by atoms with E-state index in [1.165, 1.54) is 0 Å². The molecule has 0 aromatic carbocycles. The highest BCUT2D eigenvalue weighted by atomic mass is 16.5. The largest absolute Gasteiger partial charge is 0.409 e. The molecule has 0 amide bonds. The van der Waals surface area contributed by atoms with Crippen molar-refractivity contribution in [3.8, 4) is 0 Å². The number of aromatic nitrogens is 2. The highest BCUT2D eigenvalue weighted by Crippen LogP contribution is 1.92. The summed E-state index contributed by atoms with van der Waals surface area (Å²) in [5, 5.41) is 17.5. The zero-order valence-electron chi connectivity index (χ0n) is 7.19. The normalized spacial score (nSPS) is 11.9. The van der Waals surface area contributed by atoms with E-state index in [4.69, 9.17) is 15.5 Å². The van der Waals surface area contributed by atoms with E-state index in [0.717, 1.165) is 0 Å². The molecule has 0 bridgehead atoms. The Morgan fingerprint density at radius 3 is 3.08 bits per heavy atom. The molecule has 72 valence electrons. The van der Waals surface area contributed by atoms with Crippen LogP contribution >= 0.6 is 0 Å². The summed E-state index contributed by atoms with van der Waals surface area (Å²) in [7, 11) is 0. The van der Waals surface area contributed by atoms with Crippen LogP contribution in [0.2, 0.25) is 0 Å². The third kappa shape index (κ3) is 3.08. The molecule has 0 saturated carbocycles. The molecule has 0 aliphatic carbocycles. The van der Waals surface area contributed by atoms with Gasteiger partial charge in [-0.25, -0.2) is 0 Å². The lowest BCUT2D eigenvalue weighted by molar-refractivity contribution is 0.317. The van der Waals surface area contributed by atoms with Crippen molar-refractivity contribution in [2.24, 2.45) is 10.9 Å². The molecule has 0 spiro atoms. The van der Waals surface area contributed by atoms with Gasteiger partial charge in [0, 0.05) is 6.92 Å². The van der Waals surface area contributed by atoms with Gasteiger partial charge in [-0.15, -0.1) is 0 Å². The number of nitrogens with two attached hydrogens (primary N) is 1. The number of aryl methyl sites for hydroxylation is 1. The molecular weight excluding hydrogens is 174 g/mol. The van der Waals surface area contributed by atoms with Crippen LogP contribution in [0, 0.1) is 6.92 Å². The van der Waals surface area contributed by atoms with Crippen molar-refractivity contribution in [2.45, 2.75) is 13.5 Å². The monoisotopic (exact) mass is 185 g/mol. The van der Waals surface area contributed by atoms with Gasteiger partial charge in [0.15, 0.2) is 11.7 Å². The van der Waals surface area contributed by atoms with E-state index in [1.54, 1.807) is 6.92 Å². The van der Waals surface area contributed by atoms with E-state index < -0.39 is 0 Å². The Hall–Kier alpha value is -1.63. The smallest absolute Gasteiger partial charge is 0.223 e. The van der Waals surface area contributed by atoms with E-state index in [0.29, 0.717) is 18.3 Å². The van der Waals surface area contributed by atoms with Crippen molar-refractivity contribution in [1.29, 1.82) is 0 Å². The van der Waals surface area contributed by atoms with Crippen LogP contribution in [0.4, 0.5) is 0 Å². The van der Waals surface area contributed by atoms with Crippen LogP contribution < -0.4 is 11.1 Å². The number of rotatable bonds is 4. The molecule has 1 aromatic rings. The minimum atomic E-state index is 0.111. The second-order valence-electron chi connectivity index (χ2n) is 2.42. The minimum absolute atomic E-state index is 0.111. The lowest BCUT2D eigenvalue weighted by atomic mass is 10.5. The first-order chi connectivity index (χ1) is 6.22. The van der Waals surface area contributed by atoms with E-state index in [-0.39, 0.29) is 12.4 Å². The summed E-state index contributed by atoms with van der Waals surface area (Å²) in [6.45, 7) is 2.41. The van der Waals surface area contributed by atoms with Crippen LogP contribution in [-0.4, -0.2) is 27.7 Å².